The Morgan fingerprint density at radius 3 is 2.68 bits per heavy atom. The molecule has 3 N–H and O–H groups in total. The number of carbonyl (C=O) groups is 1. The van der Waals surface area contributed by atoms with Crippen LogP contribution in [0.25, 0.3) is 0 Å². The zero-order valence-corrected chi connectivity index (χ0v) is 11.9. The molecule has 3 heteroatoms. The van der Waals surface area contributed by atoms with Gasteiger partial charge in [0.25, 0.3) is 5.91 Å². The van der Waals surface area contributed by atoms with Crippen molar-refractivity contribution in [2.75, 3.05) is 6.54 Å². The van der Waals surface area contributed by atoms with E-state index in [4.69, 9.17) is 5.73 Å². The molecule has 0 aliphatic carbocycles. The molecule has 1 aromatic rings. The SMILES string of the molecule is CCC(C)C(C)NC(=O)c1ccccc1C#CCN. The van der Waals surface area contributed by atoms with Crippen LogP contribution in [0.5, 0.6) is 0 Å². The molecule has 0 fully saturated rings. The molecule has 0 aromatic heterocycles. The molecule has 102 valence electrons. The fourth-order valence-electron chi connectivity index (χ4n) is 1.72. The quantitative estimate of drug-likeness (QED) is 0.813. The van der Waals surface area contributed by atoms with Crippen LogP contribution < -0.4 is 11.1 Å². The summed E-state index contributed by atoms with van der Waals surface area (Å²) in [5, 5.41) is 3.03. The third-order valence-corrected chi connectivity index (χ3v) is 3.35. The highest BCUT2D eigenvalue weighted by atomic mass is 16.1. The maximum atomic E-state index is 12.2. The highest BCUT2D eigenvalue weighted by Crippen LogP contribution is 2.11. The van der Waals surface area contributed by atoms with Gasteiger partial charge in [0, 0.05) is 11.6 Å². The average Bonchev–Trinajstić information content (AvgIpc) is 2.44. The Hall–Kier alpha value is -1.79. The molecule has 0 saturated heterocycles. The van der Waals surface area contributed by atoms with E-state index >= 15 is 0 Å². The highest BCUT2D eigenvalue weighted by Gasteiger charge is 2.15. The first kappa shape index (κ1) is 15.3. The zero-order chi connectivity index (χ0) is 14.3. The summed E-state index contributed by atoms with van der Waals surface area (Å²) < 4.78 is 0. The van der Waals surface area contributed by atoms with Crippen molar-refractivity contribution in [1.82, 2.24) is 5.32 Å². The van der Waals surface area contributed by atoms with Crippen molar-refractivity contribution in [3.63, 3.8) is 0 Å². The van der Waals surface area contributed by atoms with Gasteiger partial charge >= 0.3 is 0 Å². The maximum absolute atomic E-state index is 12.2. The molecule has 19 heavy (non-hydrogen) atoms. The van der Waals surface area contributed by atoms with Gasteiger partial charge in [-0.2, -0.15) is 0 Å². The van der Waals surface area contributed by atoms with Crippen LogP contribution >= 0.6 is 0 Å². The molecule has 0 spiro atoms. The van der Waals surface area contributed by atoms with Gasteiger partial charge in [0.05, 0.1) is 12.1 Å². The standard InChI is InChI=1S/C16H22N2O/c1-4-12(2)13(3)18-16(19)15-10-6-5-8-14(15)9-7-11-17/h5-6,8,10,12-13H,4,11,17H2,1-3H3,(H,18,19). The van der Waals surface area contributed by atoms with Crippen LogP contribution in [-0.4, -0.2) is 18.5 Å². The summed E-state index contributed by atoms with van der Waals surface area (Å²) >= 11 is 0. The second kappa shape index (κ2) is 7.60. The monoisotopic (exact) mass is 258 g/mol. The molecule has 1 amide bonds. The number of carbonyl (C=O) groups excluding carboxylic acids is 1. The van der Waals surface area contributed by atoms with Crippen molar-refractivity contribution in [3.05, 3.63) is 35.4 Å². The van der Waals surface area contributed by atoms with E-state index in [-0.39, 0.29) is 11.9 Å². The normalized spacial score (nSPS) is 13.1. The molecule has 0 aliphatic heterocycles. The van der Waals surface area contributed by atoms with Gasteiger partial charge in [0.2, 0.25) is 0 Å². The highest BCUT2D eigenvalue weighted by molar-refractivity contribution is 5.96. The molecule has 0 aliphatic rings. The summed E-state index contributed by atoms with van der Waals surface area (Å²) in [4.78, 5) is 12.2. The summed E-state index contributed by atoms with van der Waals surface area (Å²) in [5.74, 6) is 6.10. The summed E-state index contributed by atoms with van der Waals surface area (Å²) in [7, 11) is 0. The van der Waals surface area contributed by atoms with Crippen molar-refractivity contribution in [2.24, 2.45) is 11.7 Å². The second-order valence-corrected chi connectivity index (χ2v) is 4.70. The largest absolute Gasteiger partial charge is 0.349 e. The van der Waals surface area contributed by atoms with Gasteiger partial charge in [-0.25, -0.2) is 0 Å². The summed E-state index contributed by atoms with van der Waals surface area (Å²) in [6.07, 6.45) is 1.04. The molecule has 0 heterocycles. The van der Waals surface area contributed by atoms with E-state index in [0.29, 0.717) is 18.0 Å². The van der Waals surface area contributed by atoms with Crippen molar-refractivity contribution < 1.29 is 4.79 Å². The van der Waals surface area contributed by atoms with Crippen molar-refractivity contribution in [3.8, 4) is 11.8 Å². The van der Waals surface area contributed by atoms with E-state index in [0.717, 1.165) is 12.0 Å². The van der Waals surface area contributed by atoms with E-state index in [9.17, 15) is 4.79 Å². The lowest BCUT2D eigenvalue weighted by atomic mass is 10.00. The fourth-order valence-corrected chi connectivity index (χ4v) is 1.72. The van der Waals surface area contributed by atoms with E-state index in [2.05, 4.69) is 31.0 Å². The maximum Gasteiger partial charge on any atom is 0.252 e. The first-order valence-electron chi connectivity index (χ1n) is 6.69. The van der Waals surface area contributed by atoms with Gasteiger partial charge < -0.3 is 11.1 Å². The first-order chi connectivity index (χ1) is 9.10. The molecule has 2 unspecified atom stereocenters. The average molecular weight is 258 g/mol. The van der Waals surface area contributed by atoms with Crippen LogP contribution in [0.15, 0.2) is 24.3 Å². The minimum absolute atomic E-state index is 0.0743. The van der Waals surface area contributed by atoms with Crippen LogP contribution in [0.4, 0.5) is 0 Å². The van der Waals surface area contributed by atoms with Crippen molar-refractivity contribution in [1.29, 1.82) is 0 Å². The van der Waals surface area contributed by atoms with Gasteiger partial charge in [-0.3, -0.25) is 4.79 Å². The Balaban J connectivity index is 2.88. The van der Waals surface area contributed by atoms with Gasteiger partial charge in [-0.05, 0) is 25.0 Å². The Labute approximate surface area is 115 Å². The molecule has 2 atom stereocenters. The van der Waals surface area contributed by atoms with Crippen LogP contribution in [0, 0.1) is 17.8 Å². The minimum atomic E-state index is -0.0743. The molecular formula is C16H22N2O. The number of hydrogen-bond donors (Lipinski definition) is 2. The first-order valence-corrected chi connectivity index (χ1v) is 6.69. The van der Waals surface area contributed by atoms with Crippen LogP contribution in [0.3, 0.4) is 0 Å². The third kappa shape index (κ3) is 4.42. The van der Waals surface area contributed by atoms with Gasteiger partial charge in [0.1, 0.15) is 0 Å². The number of nitrogens with one attached hydrogen (secondary N) is 1. The molecular weight excluding hydrogens is 236 g/mol. The third-order valence-electron chi connectivity index (χ3n) is 3.35. The smallest absolute Gasteiger partial charge is 0.252 e. The molecule has 0 radical (unpaired) electrons. The van der Waals surface area contributed by atoms with Crippen LogP contribution in [-0.2, 0) is 0 Å². The second-order valence-electron chi connectivity index (χ2n) is 4.70. The number of nitrogens with two attached hydrogens (primary N) is 1. The summed E-state index contributed by atoms with van der Waals surface area (Å²) in [5.41, 5.74) is 6.70. The van der Waals surface area contributed by atoms with Crippen molar-refractivity contribution in [2.45, 2.75) is 33.2 Å². The molecule has 1 rings (SSSR count). The van der Waals surface area contributed by atoms with E-state index in [1.807, 2.05) is 25.1 Å². The molecule has 1 aromatic carbocycles. The predicted molar refractivity (Wildman–Crippen MR) is 78.8 cm³/mol. The molecule has 0 saturated carbocycles. The Morgan fingerprint density at radius 2 is 2.05 bits per heavy atom. The predicted octanol–water partition coefficient (Wildman–Crippen LogP) is 2.16. The molecule has 0 bridgehead atoms. The van der Waals surface area contributed by atoms with Crippen LogP contribution in [0.2, 0.25) is 0 Å². The number of rotatable bonds is 4. The van der Waals surface area contributed by atoms with Gasteiger partial charge in [-0.1, -0.05) is 44.2 Å². The summed E-state index contributed by atoms with van der Waals surface area (Å²) in [6, 6.07) is 7.49. The molecule has 3 nitrogen and oxygen atoms in total. The Bertz CT molecular complexity index is 485. The number of hydrogen-bond acceptors (Lipinski definition) is 2. The van der Waals surface area contributed by atoms with E-state index < -0.39 is 0 Å². The number of benzene rings is 1. The minimum Gasteiger partial charge on any atom is -0.349 e. The Morgan fingerprint density at radius 1 is 1.37 bits per heavy atom. The fraction of sp³-hybridized carbons (Fsp3) is 0.438. The number of amides is 1. The zero-order valence-electron chi connectivity index (χ0n) is 11.9. The van der Waals surface area contributed by atoms with Gasteiger partial charge in [0.15, 0.2) is 0 Å². The Kier molecular flexibility index (Phi) is 6.11. The topological polar surface area (TPSA) is 55.1 Å². The lowest BCUT2D eigenvalue weighted by Crippen LogP contribution is -2.37. The van der Waals surface area contributed by atoms with Crippen molar-refractivity contribution >= 4 is 5.91 Å². The lowest BCUT2D eigenvalue weighted by Gasteiger charge is -2.20. The van der Waals surface area contributed by atoms with Gasteiger partial charge in [-0.15, -0.1) is 0 Å². The van der Waals surface area contributed by atoms with Crippen LogP contribution in [0.1, 0.15) is 43.1 Å². The van der Waals surface area contributed by atoms with E-state index in [1.54, 1.807) is 6.07 Å². The lowest BCUT2D eigenvalue weighted by molar-refractivity contribution is 0.0928. The summed E-state index contributed by atoms with van der Waals surface area (Å²) in [6.45, 7) is 6.57. The van der Waals surface area contributed by atoms with E-state index in [1.165, 1.54) is 0 Å².